The lowest BCUT2D eigenvalue weighted by atomic mass is 10.0. The van der Waals surface area contributed by atoms with Gasteiger partial charge in [0.2, 0.25) is 15.9 Å². The molecule has 10 heteroatoms. The maximum absolute atomic E-state index is 12.8. The number of hydrogen-bond acceptors (Lipinski definition) is 6. The van der Waals surface area contributed by atoms with Crippen LogP contribution in [0.4, 0.5) is 0 Å². The van der Waals surface area contributed by atoms with E-state index in [2.05, 4.69) is 10.0 Å². The molecule has 2 aromatic rings. The van der Waals surface area contributed by atoms with E-state index in [-0.39, 0.29) is 17.3 Å². The molecule has 3 N–H and O–H groups in total. The van der Waals surface area contributed by atoms with Crippen molar-refractivity contribution in [2.75, 3.05) is 14.2 Å². The van der Waals surface area contributed by atoms with E-state index in [9.17, 15) is 23.1 Å². The molecule has 0 heterocycles. The molecular formula is C20H24N2O7S. The number of carboxylic acids is 1. The quantitative estimate of drug-likeness (QED) is 0.518. The first-order valence-corrected chi connectivity index (χ1v) is 10.4. The molecule has 1 atom stereocenters. The third-order valence-electron chi connectivity index (χ3n) is 4.26. The van der Waals surface area contributed by atoms with E-state index in [0.29, 0.717) is 17.1 Å². The third-order valence-corrected chi connectivity index (χ3v) is 5.75. The van der Waals surface area contributed by atoms with Gasteiger partial charge >= 0.3 is 5.97 Å². The van der Waals surface area contributed by atoms with Crippen LogP contribution in [0.2, 0.25) is 0 Å². The van der Waals surface area contributed by atoms with Crippen LogP contribution in [0.1, 0.15) is 30.5 Å². The molecule has 0 aromatic heterocycles. The molecule has 162 valence electrons. The highest BCUT2D eigenvalue weighted by molar-refractivity contribution is 7.89. The van der Waals surface area contributed by atoms with Crippen molar-refractivity contribution < 1.29 is 32.6 Å². The van der Waals surface area contributed by atoms with E-state index in [1.165, 1.54) is 39.3 Å². The molecule has 0 bridgehead atoms. The third kappa shape index (κ3) is 6.19. The van der Waals surface area contributed by atoms with E-state index in [4.69, 9.17) is 9.47 Å². The van der Waals surface area contributed by atoms with Crippen LogP contribution in [0.3, 0.4) is 0 Å². The summed E-state index contributed by atoms with van der Waals surface area (Å²) < 4.78 is 38.5. The van der Waals surface area contributed by atoms with Crippen molar-refractivity contribution in [2.45, 2.75) is 30.8 Å². The van der Waals surface area contributed by atoms with Gasteiger partial charge in [0.05, 0.1) is 31.6 Å². The fraction of sp³-hybridized carbons (Fsp3) is 0.300. The smallest absolute Gasteiger partial charge is 0.305 e. The minimum Gasteiger partial charge on any atom is -0.493 e. The van der Waals surface area contributed by atoms with E-state index in [0.717, 1.165) is 5.56 Å². The number of rotatable bonds is 10. The van der Waals surface area contributed by atoms with Gasteiger partial charge in [-0.05, 0) is 35.4 Å². The minimum atomic E-state index is -4.01. The largest absolute Gasteiger partial charge is 0.493 e. The van der Waals surface area contributed by atoms with Crippen LogP contribution >= 0.6 is 0 Å². The number of benzene rings is 2. The summed E-state index contributed by atoms with van der Waals surface area (Å²) in [5.41, 5.74) is 1.15. The Morgan fingerprint density at radius 3 is 2.20 bits per heavy atom. The summed E-state index contributed by atoms with van der Waals surface area (Å²) in [5.74, 6) is -0.567. The summed E-state index contributed by atoms with van der Waals surface area (Å²) in [6.45, 7) is 1.66. The van der Waals surface area contributed by atoms with Crippen molar-refractivity contribution in [1.82, 2.24) is 10.0 Å². The van der Waals surface area contributed by atoms with Crippen LogP contribution in [0.25, 0.3) is 0 Å². The molecule has 0 saturated heterocycles. The monoisotopic (exact) mass is 436 g/mol. The van der Waals surface area contributed by atoms with Gasteiger partial charge in [0.1, 0.15) is 0 Å². The standard InChI is InChI=1S/C20H24N2O7S/c1-13(23)21-12-14-4-7-16(8-5-14)30(26,27)22-17(11-20(24)25)15-6-9-18(28-2)19(10-15)29-3/h4-10,17,22H,11-12H2,1-3H3,(H,21,23)(H,24,25)/t17-/m1/s1. The first kappa shape index (κ1) is 23.2. The zero-order valence-electron chi connectivity index (χ0n) is 16.8. The van der Waals surface area contributed by atoms with Gasteiger partial charge in [-0.25, -0.2) is 13.1 Å². The molecule has 2 aromatic carbocycles. The lowest BCUT2D eigenvalue weighted by molar-refractivity contribution is -0.137. The SMILES string of the molecule is COc1ccc([C@@H](CC(=O)O)NS(=O)(=O)c2ccc(CNC(C)=O)cc2)cc1OC. The first-order valence-electron chi connectivity index (χ1n) is 8.95. The summed E-state index contributed by atoms with van der Waals surface area (Å²) in [6.07, 6.45) is -0.463. The Kier molecular flexibility index (Phi) is 7.79. The maximum Gasteiger partial charge on any atom is 0.305 e. The number of ether oxygens (including phenoxy) is 2. The number of nitrogens with one attached hydrogen (secondary N) is 2. The number of aliphatic carboxylic acids is 1. The summed E-state index contributed by atoms with van der Waals surface area (Å²) >= 11 is 0. The molecule has 30 heavy (non-hydrogen) atoms. The molecule has 0 unspecified atom stereocenters. The number of methoxy groups -OCH3 is 2. The van der Waals surface area contributed by atoms with Crippen LogP contribution in [0.5, 0.6) is 11.5 Å². The molecule has 0 aliphatic heterocycles. The highest BCUT2D eigenvalue weighted by Gasteiger charge is 2.24. The summed E-state index contributed by atoms with van der Waals surface area (Å²) in [7, 11) is -1.12. The highest BCUT2D eigenvalue weighted by atomic mass is 32.2. The Balaban J connectivity index is 2.29. The normalized spacial score (nSPS) is 12.1. The van der Waals surface area contributed by atoms with Gasteiger partial charge < -0.3 is 19.9 Å². The summed E-state index contributed by atoms with van der Waals surface area (Å²) in [4.78, 5) is 22.3. The second-order valence-electron chi connectivity index (χ2n) is 6.44. The lowest BCUT2D eigenvalue weighted by Gasteiger charge is -2.19. The van der Waals surface area contributed by atoms with E-state index < -0.39 is 28.5 Å². The maximum atomic E-state index is 12.8. The van der Waals surface area contributed by atoms with E-state index in [1.54, 1.807) is 24.3 Å². The topological polar surface area (TPSA) is 131 Å². The van der Waals surface area contributed by atoms with Gasteiger partial charge in [-0.1, -0.05) is 18.2 Å². The number of amides is 1. The van der Waals surface area contributed by atoms with Gasteiger partial charge in [0.15, 0.2) is 11.5 Å². The second-order valence-corrected chi connectivity index (χ2v) is 8.15. The lowest BCUT2D eigenvalue weighted by Crippen LogP contribution is -2.30. The van der Waals surface area contributed by atoms with Crippen molar-refractivity contribution in [3.63, 3.8) is 0 Å². The zero-order chi connectivity index (χ0) is 22.3. The summed E-state index contributed by atoms with van der Waals surface area (Å²) in [6, 6.07) is 9.61. The van der Waals surface area contributed by atoms with E-state index in [1.807, 2.05) is 0 Å². The Hall–Kier alpha value is -3.11. The molecule has 0 aliphatic rings. The fourth-order valence-electron chi connectivity index (χ4n) is 2.74. The number of carbonyl (C=O) groups excluding carboxylic acids is 1. The minimum absolute atomic E-state index is 0.0232. The fourth-order valence-corrected chi connectivity index (χ4v) is 3.96. The average molecular weight is 436 g/mol. The Bertz CT molecular complexity index is 1000. The number of carbonyl (C=O) groups is 2. The van der Waals surface area contributed by atoms with Crippen LogP contribution in [0, 0.1) is 0 Å². The number of hydrogen-bond donors (Lipinski definition) is 3. The van der Waals surface area contributed by atoms with Crippen LogP contribution in [-0.2, 0) is 26.2 Å². The Morgan fingerprint density at radius 1 is 1.03 bits per heavy atom. The second kappa shape index (κ2) is 10.1. The Labute approximate surface area is 175 Å². The predicted molar refractivity (Wildman–Crippen MR) is 109 cm³/mol. The zero-order valence-corrected chi connectivity index (χ0v) is 17.7. The highest BCUT2D eigenvalue weighted by Crippen LogP contribution is 2.31. The first-order chi connectivity index (χ1) is 14.2. The van der Waals surface area contributed by atoms with Crippen LogP contribution in [-0.4, -0.2) is 39.6 Å². The van der Waals surface area contributed by atoms with Gasteiger partial charge in [-0.3, -0.25) is 9.59 Å². The molecule has 0 radical (unpaired) electrons. The average Bonchev–Trinajstić information content (AvgIpc) is 2.71. The van der Waals surface area contributed by atoms with Gasteiger partial charge in [-0.15, -0.1) is 0 Å². The number of carboxylic acid groups (broad SMARTS) is 1. The van der Waals surface area contributed by atoms with Gasteiger partial charge in [0, 0.05) is 13.5 Å². The molecule has 9 nitrogen and oxygen atoms in total. The summed E-state index contributed by atoms with van der Waals surface area (Å²) in [5, 5.41) is 11.9. The van der Waals surface area contributed by atoms with Crippen LogP contribution in [0.15, 0.2) is 47.4 Å². The Morgan fingerprint density at radius 2 is 1.67 bits per heavy atom. The van der Waals surface area contributed by atoms with Crippen molar-refractivity contribution in [2.24, 2.45) is 0 Å². The van der Waals surface area contributed by atoms with Crippen molar-refractivity contribution in [3.8, 4) is 11.5 Å². The van der Waals surface area contributed by atoms with Gasteiger partial charge in [-0.2, -0.15) is 0 Å². The molecular weight excluding hydrogens is 412 g/mol. The molecule has 0 spiro atoms. The van der Waals surface area contributed by atoms with Crippen molar-refractivity contribution >= 4 is 21.9 Å². The molecule has 0 saturated carbocycles. The molecule has 2 rings (SSSR count). The molecule has 0 fully saturated rings. The molecule has 0 aliphatic carbocycles. The molecule has 1 amide bonds. The van der Waals surface area contributed by atoms with Gasteiger partial charge in [0.25, 0.3) is 0 Å². The predicted octanol–water partition coefficient (Wildman–Crippen LogP) is 1.83. The van der Waals surface area contributed by atoms with Crippen LogP contribution < -0.4 is 19.5 Å². The van der Waals surface area contributed by atoms with Crippen molar-refractivity contribution in [1.29, 1.82) is 0 Å². The number of sulfonamides is 1. The van der Waals surface area contributed by atoms with E-state index >= 15 is 0 Å². The van der Waals surface area contributed by atoms with Crippen molar-refractivity contribution in [3.05, 3.63) is 53.6 Å².